The third-order valence-electron chi connectivity index (χ3n) is 7.29. The van der Waals surface area contributed by atoms with Crippen molar-refractivity contribution < 1.29 is 22.7 Å². The van der Waals surface area contributed by atoms with Gasteiger partial charge in [-0.15, -0.1) is 0 Å². The van der Waals surface area contributed by atoms with Crippen LogP contribution >= 0.6 is 11.6 Å². The Balaban J connectivity index is 1.53. The summed E-state index contributed by atoms with van der Waals surface area (Å²) in [4.78, 5) is 13.6. The molecule has 0 unspecified atom stereocenters. The van der Waals surface area contributed by atoms with Crippen molar-refractivity contribution in [3.63, 3.8) is 0 Å². The molecule has 3 heterocycles. The lowest BCUT2D eigenvalue weighted by atomic mass is 9.76. The van der Waals surface area contributed by atoms with E-state index in [1.165, 1.54) is 29.0 Å². The van der Waals surface area contributed by atoms with Crippen LogP contribution in [0.15, 0.2) is 54.3 Å². The number of ketones is 1. The van der Waals surface area contributed by atoms with Crippen LogP contribution in [-0.4, -0.2) is 52.3 Å². The molecule has 4 rings (SSSR count). The number of carbonyl (C=O) groups is 1. The van der Waals surface area contributed by atoms with Crippen LogP contribution in [0.1, 0.15) is 43.5 Å². The predicted octanol–water partition coefficient (Wildman–Crippen LogP) is 4.09. The second-order valence-electron chi connectivity index (χ2n) is 10.0. The number of Topliss-reactive ketones (excluding diaryl/α,β-unsaturated/α-hetero) is 1. The van der Waals surface area contributed by atoms with Crippen LogP contribution in [0.5, 0.6) is 0 Å². The number of allylic oxidation sites excluding steroid dienone is 1. The first-order chi connectivity index (χ1) is 17.9. The largest absolute Gasteiger partial charge is 0.474 e. The molecule has 8 nitrogen and oxygen atoms in total. The van der Waals surface area contributed by atoms with Crippen molar-refractivity contribution in [1.29, 1.82) is 0 Å². The van der Waals surface area contributed by atoms with E-state index in [4.69, 9.17) is 27.8 Å². The minimum Gasteiger partial charge on any atom is -0.474 e. The molecule has 1 aromatic carbocycles. The monoisotopic (exact) mass is 552 g/mol. The molecule has 2 saturated heterocycles. The number of aryl methyl sites for hydroxylation is 1. The molecule has 2 aliphatic rings. The van der Waals surface area contributed by atoms with Crippen LogP contribution in [0, 0.1) is 12.3 Å². The van der Waals surface area contributed by atoms with Gasteiger partial charge < -0.3 is 26.4 Å². The maximum absolute atomic E-state index is 14.3. The van der Waals surface area contributed by atoms with Crippen molar-refractivity contribution in [2.75, 3.05) is 19.6 Å². The molecule has 38 heavy (non-hydrogen) atoms. The molecule has 2 aromatic rings. The van der Waals surface area contributed by atoms with Gasteiger partial charge >= 0.3 is 6.18 Å². The first kappa shape index (κ1) is 27.8. The van der Waals surface area contributed by atoms with Gasteiger partial charge in [0.05, 0.1) is 17.4 Å². The van der Waals surface area contributed by atoms with Crippen molar-refractivity contribution in [1.82, 2.24) is 20.0 Å². The Morgan fingerprint density at radius 1 is 1.32 bits per heavy atom. The molecule has 12 heteroatoms. The molecule has 0 amide bonds. The van der Waals surface area contributed by atoms with Crippen molar-refractivity contribution >= 4 is 17.4 Å². The summed E-state index contributed by atoms with van der Waals surface area (Å²) in [7, 11) is 0. The lowest BCUT2D eigenvalue weighted by Crippen LogP contribution is -2.42. The Hall–Kier alpha value is -3.18. The van der Waals surface area contributed by atoms with Crippen LogP contribution in [0.2, 0.25) is 5.02 Å². The van der Waals surface area contributed by atoms with Gasteiger partial charge in [0.1, 0.15) is 17.4 Å². The van der Waals surface area contributed by atoms with Crippen LogP contribution in [0.4, 0.5) is 13.2 Å². The Morgan fingerprint density at radius 3 is 2.58 bits per heavy atom. The topological polar surface area (TPSA) is 111 Å². The lowest BCUT2D eigenvalue weighted by Gasteiger charge is -2.40. The van der Waals surface area contributed by atoms with Crippen LogP contribution in [-0.2, 0) is 9.53 Å². The second kappa shape index (κ2) is 10.9. The fourth-order valence-electron chi connectivity index (χ4n) is 5.11. The number of piperidine rings is 1. The Morgan fingerprint density at radius 2 is 2.03 bits per heavy atom. The fraction of sp³-hybridized carbons (Fsp3) is 0.462. The number of aromatic nitrogens is 2. The molecule has 2 aliphatic heterocycles. The van der Waals surface area contributed by atoms with Gasteiger partial charge in [-0.2, -0.15) is 18.3 Å². The van der Waals surface area contributed by atoms with E-state index in [0.717, 1.165) is 32.0 Å². The van der Waals surface area contributed by atoms with Gasteiger partial charge in [-0.1, -0.05) is 17.7 Å². The van der Waals surface area contributed by atoms with E-state index < -0.39 is 12.3 Å². The minimum absolute atomic E-state index is 0.0212. The Kier molecular flexibility index (Phi) is 7.98. The summed E-state index contributed by atoms with van der Waals surface area (Å²) in [6.07, 6.45) is -0.899. The number of hydrogen-bond acceptors (Lipinski definition) is 7. The zero-order valence-corrected chi connectivity index (χ0v) is 22.0. The quantitative estimate of drug-likeness (QED) is 0.350. The molecule has 0 radical (unpaired) electrons. The molecule has 0 bridgehead atoms. The van der Waals surface area contributed by atoms with E-state index in [2.05, 4.69) is 10.4 Å². The highest BCUT2D eigenvalue weighted by Gasteiger charge is 2.45. The number of nitrogens with zero attached hydrogens (tertiary/aromatic N) is 3. The third-order valence-corrected chi connectivity index (χ3v) is 7.53. The molecule has 0 saturated carbocycles. The molecular formula is C26H32ClF3N6O2. The molecule has 2 atom stereocenters. The van der Waals surface area contributed by atoms with E-state index in [0.29, 0.717) is 18.8 Å². The van der Waals surface area contributed by atoms with E-state index >= 15 is 0 Å². The molecule has 1 spiro atoms. The zero-order chi connectivity index (χ0) is 27.7. The number of nitrogens with one attached hydrogen (secondary N) is 1. The number of ether oxygens (including phenoxy) is 1. The minimum atomic E-state index is -4.78. The highest BCUT2D eigenvalue weighted by molar-refractivity contribution is 6.30. The Labute approximate surface area is 224 Å². The summed E-state index contributed by atoms with van der Waals surface area (Å²) in [5.41, 5.74) is 12.6. The summed E-state index contributed by atoms with van der Waals surface area (Å²) >= 11 is 6.10. The first-order valence-electron chi connectivity index (χ1n) is 12.3. The lowest BCUT2D eigenvalue weighted by molar-refractivity contribution is -0.211. The highest BCUT2D eigenvalue weighted by atomic mass is 35.5. The highest BCUT2D eigenvalue weighted by Crippen LogP contribution is 2.42. The second-order valence-corrected chi connectivity index (χ2v) is 10.5. The van der Waals surface area contributed by atoms with Crippen LogP contribution < -0.4 is 16.8 Å². The van der Waals surface area contributed by atoms with E-state index in [-0.39, 0.29) is 45.1 Å². The van der Waals surface area contributed by atoms with E-state index in [1.807, 2.05) is 4.90 Å². The van der Waals surface area contributed by atoms with Crippen LogP contribution in [0.3, 0.4) is 0 Å². The summed E-state index contributed by atoms with van der Waals surface area (Å²) in [5.74, 6) is 0.164. The number of alkyl halides is 3. The molecule has 5 N–H and O–H groups in total. The SMILES string of the molecule is CC(=O)[C@@H]1CC2(CCN(/C(N)=C/C(=C\N)O[C@H](c3ccc(Cl)cc3-n3ccc(C)n3)C(F)(F)F)CC2)CN1. The van der Waals surface area contributed by atoms with Gasteiger partial charge in [0.2, 0.25) is 6.10 Å². The number of hydrogen-bond donors (Lipinski definition) is 3. The van der Waals surface area contributed by atoms with Crippen LogP contribution in [0.25, 0.3) is 5.69 Å². The van der Waals surface area contributed by atoms with E-state index in [9.17, 15) is 18.0 Å². The number of rotatable bonds is 7. The van der Waals surface area contributed by atoms with Crippen molar-refractivity contribution in [2.45, 2.75) is 51.4 Å². The van der Waals surface area contributed by atoms with Gasteiger partial charge in [0.25, 0.3) is 0 Å². The molecule has 2 fully saturated rings. The van der Waals surface area contributed by atoms with Gasteiger partial charge in [-0.05, 0) is 56.7 Å². The molecule has 206 valence electrons. The van der Waals surface area contributed by atoms with E-state index in [1.54, 1.807) is 26.1 Å². The maximum Gasteiger partial charge on any atom is 0.429 e. The zero-order valence-electron chi connectivity index (χ0n) is 21.3. The Bertz CT molecular complexity index is 1230. The number of halogens is 4. The van der Waals surface area contributed by atoms with Gasteiger partial charge in [0.15, 0.2) is 0 Å². The number of benzene rings is 1. The first-order valence-corrected chi connectivity index (χ1v) is 12.7. The number of carbonyl (C=O) groups excluding carboxylic acids is 1. The normalized spacial score (nSPS) is 21.1. The summed E-state index contributed by atoms with van der Waals surface area (Å²) < 4.78 is 49.7. The molecular weight excluding hydrogens is 521 g/mol. The number of nitrogens with two attached hydrogens (primary N) is 2. The smallest absolute Gasteiger partial charge is 0.429 e. The molecule has 1 aromatic heterocycles. The summed E-state index contributed by atoms with van der Waals surface area (Å²) in [6.45, 7) is 5.29. The van der Waals surface area contributed by atoms with Gasteiger partial charge in [-0.25, -0.2) is 4.68 Å². The molecule has 0 aliphatic carbocycles. The summed E-state index contributed by atoms with van der Waals surface area (Å²) in [6, 6.07) is 5.58. The third kappa shape index (κ3) is 6.10. The predicted molar refractivity (Wildman–Crippen MR) is 138 cm³/mol. The maximum atomic E-state index is 14.3. The van der Waals surface area contributed by atoms with Gasteiger partial charge in [0, 0.05) is 48.7 Å². The van der Waals surface area contributed by atoms with Crippen molar-refractivity contribution in [3.05, 3.63) is 70.6 Å². The fourth-order valence-corrected chi connectivity index (χ4v) is 5.28. The summed E-state index contributed by atoms with van der Waals surface area (Å²) in [5, 5.41) is 7.78. The number of likely N-dealkylation sites (tertiary alicyclic amines) is 1. The van der Waals surface area contributed by atoms with Crippen molar-refractivity contribution in [2.24, 2.45) is 16.9 Å². The average Bonchev–Trinajstić information content (AvgIpc) is 3.48. The van der Waals surface area contributed by atoms with Gasteiger partial charge in [-0.3, -0.25) is 4.79 Å². The average molecular weight is 553 g/mol. The standard InChI is InChI=1S/C26H32ClF3N6O2/c1-16-5-8-36(34-16)22-11-18(27)3-4-20(22)24(26(28,29)30)38-19(14-31)12-23(32)35-9-6-25(7-10-35)13-21(17(2)37)33-15-25/h3-5,8,11-12,14,21,24,33H,6-7,9-10,13,15,31-32H2,1-2H3/b19-14+,23-12+/t21-,24+/m0/s1. The van der Waals surface area contributed by atoms with Crippen molar-refractivity contribution in [3.8, 4) is 5.69 Å².